The molecule has 1 atom stereocenters. The lowest BCUT2D eigenvalue weighted by Gasteiger charge is -2.32. The fourth-order valence-electron chi connectivity index (χ4n) is 3.61. The molecule has 3 rings (SSSR count). The van der Waals surface area contributed by atoms with Crippen LogP contribution in [0.1, 0.15) is 59.8 Å². The van der Waals surface area contributed by atoms with E-state index in [2.05, 4.69) is 22.1 Å². The maximum atomic E-state index is 12.5. The molecule has 0 bridgehead atoms. The van der Waals surface area contributed by atoms with E-state index in [0.29, 0.717) is 22.5 Å². The molecule has 1 aromatic carbocycles. The van der Waals surface area contributed by atoms with E-state index in [-0.39, 0.29) is 24.5 Å². The zero-order chi connectivity index (χ0) is 20.8. The number of carbonyl (C=O) groups is 2. The van der Waals surface area contributed by atoms with Crippen LogP contribution in [0.25, 0.3) is 0 Å². The number of ketones is 1. The molecule has 1 unspecified atom stereocenters. The summed E-state index contributed by atoms with van der Waals surface area (Å²) in [7, 11) is 1.54. The minimum atomic E-state index is -0.197. The molecule has 7 heteroatoms. The Morgan fingerprint density at radius 2 is 2.14 bits per heavy atom. The van der Waals surface area contributed by atoms with Gasteiger partial charge in [-0.25, -0.2) is 4.98 Å². The van der Waals surface area contributed by atoms with Crippen molar-refractivity contribution in [2.75, 3.05) is 19.0 Å². The lowest BCUT2D eigenvalue weighted by atomic mass is 10.0. The van der Waals surface area contributed by atoms with Gasteiger partial charge in [0.05, 0.1) is 12.7 Å². The van der Waals surface area contributed by atoms with Gasteiger partial charge in [0, 0.05) is 36.5 Å². The standard InChI is InChI=1S/C22H29N3O3S/c1-15-7-9-20(28-3)18(12-15)19(26)8-10-21(27)24-22-23-13-17(29-22)14-25-11-5-4-6-16(25)2/h7,9,12-13,16H,4-6,8,10-11,14H2,1-3H3,(H,23,24,27). The van der Waals surface area contributed by atoms with Gasteiger partial charge in [-0.3, -0.25) is 14.5 Å². The number of amides is 1. The summed E-state index contributed by atoms with van der Waals surface area (Å²) in [6.07, 6.45) is 5.87. The van der Waals surface area contributed by atoms with E-state index in [1.54, 1.807) is 19.2 Å². The zero-order valence-electron chi connectivity index (χ0n) is 17.4. The number of ether oxygens (including phenoxy) is 1. The Labute approximate surface area is 176 Å². The van der Waals surface area contributed by atoms with Gasteiger partial charge >= 0.3 is 0 Å². The number of hydrogen-bond acceptors (Lipinski definition) is 6. The second kappa shape index (κ2) is 9.98. The van der Waals surface area contributed by atoms with E-state index in [0.717, 1.165) is 23.5 Å². The summed E-state index contributed by atoms with van der Waals surface area (Å²) in [5.41, 5.74) is 1.50. The molecular formula is C22H29N3O3S. The molecule has 2 aromatic rings. The lowest BCUT2D eigenvalue weighted by molar-refractivity contribution is -0.116. The molecule has 1 N–H and O–H groups in total. The number of piperidine rings is 1. The summed E-state index contributed by atoms with van der Waals surface area (Å²) in [4.78, 5) is 32.7. The first-order chi connectivity index (χ1) is 14.0. The van der Waals surface area contributed by atoms with Crippen LogP contribution < -0.4 is 10.1 Å². The maximum Gasteiger partial charge on any atom is 0.226 e. The molecule has 0 spiro atoms. The molecule has 6 nitrogen and oxygen atoms in total. The van der Waals surface area contributed by atoms with Crippen LogP contribution in [0.3, 0.4) is 0 Å². The molecule has 1 amide bonds. The van der Waals surface area contributed by atoms with Crippen LogP contribution in [-0.2, 0) is 11.3 Å². The van der Waals surface area contributed by atoms with Crippen LogP contribution in [0.15, 0.2) is 24.4 Å². The van der Waals surface area contributed by atoms with Gasteiger partial charge in [-0.2, -0.15) is 0 Å². The van der Waals surface area contributed by atoms with Crippen molar-refractivity contribution in [2.24, 2.45) is 0 Å². The Bertz CT molecular complexity index is 865. The van der Waals surface area contributed by atoms with Crippen molar-refractivity contribution in [1.82, 2.24) is 9.88 Å². The highest BCUT2D eigenvalue weighted by molar-refractivity contribution is 7.15. The first-order valence-corrected chi connectivity index (χ1v) is 10.9. The third-order valence-electron chi connectivity index (χ3n) is 5.33. The number of benzene rings is 1. The van der Waals surface area contributed by atoms with E-state index >= 15 is 0 Å². The monoisotopic (exact) mass is 415 g/mol. The van der Waals surface area contributed by atoms with Crippen LogP contribution in [0.5, 0.6) is 5.75 Å². The molecule has 0 radical (unpaired) electrons. The zero-order valence-corrected chi connectivity index (χ0v) is 18.2. The van der Waals surface area contributed by atoms with E-state index < -0.39 is 0 Å². The van der Waals surface area contributed by atoms with Crippen LogP contribution in [0.2, 0.25) is 0 Å². The average Bonchev–Trinajstić information content (AvgIpc) is 3.14. The van der Waals surface area contributed by atoms with E-state index in [1.165, 1.54) is 30.6 Å². The number of anilines is 1. The summed E-state index contributed by atoms with van der Waals surface area (Å²) in [6, 6.07) is 6.07. The van der Waals surface area contributed by atoms with Gasteiger partial charge < -0.3 is 10.1 Å². The number of rotatable bonds is 8. The molecule has 0 saturated carbocycles. The quantitative estimate of drug-likeness (QED) is 0.646. The van der Waals surface area contributed by atoms with Crippen LogP contribution in [0, 0.1) is 6.92 Å². The van der Waals surface area contributed by atoms with Crippen LogP contribution >= 0.6 is 11.3 Å². The summed E-state index contributed by atoms with van der Waals surface area (Å²) >= 11 is 1.51. The van der Waals surface area contributed by atoms with Crippen LogP contribution in [-0.4, -0.2) is 41.3 Å². The summed E-state index contributed by atoms with van der Waals surface area (Å²) in [5, 5.41) is 3.42. The Morgan fingerprint density at radius 1 is 1.31 bits per heavy atom. The van der Waals surface area contributed by atoms with Gasteiger partial charge in [-0.15, -0.1) is 11.3 Å². The number of nitrogens with zero attached hydrogens (tertiary/aromatic N) is 2. The SMILES string of the molecule is COc1ccc(C)cc1C(=O)CCC(=O)Nc1ncc(CN2CCCCC2C)s1. The predicted molar refractivity (Wildman–Crippen MR) is 116 cm³/mol. The first-order valence-electron chi connectivity index (χ1n) is 10.1. The summed E-state index contributed by atoms with van der Waals surface area (Å²) in [5.74, 6) is 0.245. The number of hydrogen-bond donors (Lipinski definition) is 1. The molecule has 156 valence electrons. The Hall–Kier alpha value is -2.25. The summed E-state index contributed by atoms with van der Waals surface area (Å²) < 4.78 is 5.26. The molecule has 1 saturated heterocycles. The molecule has 29 heavy (non-hydrogen) atoms. The minimum absolute atomic E-state index is 0.0976. The van der Waals surface area contributed by atoms with Crippen molar-refractivity contribution in [3.8, 4) is 5.75 Å². The second-order valence-corrected chi connectivity index (χ2v) is 8.74. The number of carbonyl (C=O) groups excluding carboxylic acids is 2. The van der Waals surface area contributed by atoms with Gasteiger partial charge in [-0.05, 0) is 45.4 Å². The van der Waals surface area contributed by atoms with Crippen molar-refractivity contribution in [3.63, 3.8) is 0 Å². The molecule has 1 aliphatic rings. The van der Waals surface area contributed by atoms with Crippen molar-refractivity contribution >= 4 is 28.2 Å². The lowest BCUT2D eigenvalue weighted by Crippen LogP contribution is -2.36. The van der Waals surface area contributed by atoms with E-state index in [1.807, 2.05) is 19.2 Å². The molecular weight excluding hydrogens is 386 g/mol. The van der Waals surface area contributed by atoms with Crippen LogP contribution in [0.4, 0.5) is 5.13 Å². The van der Waals surface area contributed by atoms with Crippen molar-refractivity contribution in [1.29, 1.82) is 0 Å². The summed E-state index contributed by atoms with van der Waals surface area (Å²) in [6.45, 7) is 6.18. The van der Waals surface area contributed by atoms with E-state index in [4.69, 9.17) is 4.74 Å². The maximum absolute atomic E-state index is 12.5. The number of aromatic nitrogens is 1. The van der Waals surface area contributed by atoms with Gasteiger partial charge in [0.2, 0.25) is 5.91 Å². The number of methoxy groups -OCH3 is 1. The predicted octanol–water partition coefficient (Wildman–Crippen LogP) is 4.44. The molecule has 1 aromatic heterocycles. The Morgan fingerprint density at radius 3 is 2.90 bits per heavy atom. The highest BCUT2D eigenvalue weighted by Gasteiger charge is 2.19. The highest BCUT2D eigenvalue weighted by atomic mass is 32.1. The minimum Gasteiger partial charge on any atom is -0.496 e. The van der Waals surface area contributed by atoms with Crippen molar-refractivity contribution in [2.45, 2.75) is 58.5 Å². The Kier molecular flexibility index (Phi) is 7.39. The molecule has 0 aliphatic carbocycles. The number of aryl methyl sites for hydroxylation is 1. The number of Topliss-reactive ketones (excluding diaryl/α,β-unsaturated/α-hetero) is 1. The van der Waals surface area contributed by atoms with Crippen molar-refractivity contribution in [3.05, 3.63) is 40.4 Å². The molecule has 1 aliphatic heterocycles. The first kappa shape index (κ1) is 21.5. The number of nitrogens with one attached hydrogen (secondary N) is 1. The molecule has 1 fully saturated rings. The fraction of sp³-hybridized carbons (Fsp3) is 0.500. The topological polar surface area (TPSA) is 71.5 Å². The third-order valence-corrected chi connectivity index (χ3v) is 6.23. The third kappa shape index (κ3) is 5.87. The molecule has 2 heterocycles. The van der Waals surface area contributed by atoms with E-state index in [9.17, 15) is 9.59 Å². The van der Waals surface area contributed by atoms with Gasteiger partial charge in [0.1, 0.15) is 5.75 Å². The normalized spacial score (nSPS) is 17.1. The number of likely N-dealkylation sites (tertiary alicyclic amines) is 1. The smallest absolute Gasteiger partial charge is 0.226 e. The van der Waals surface area contributed by atoms with Crippen molar-refractivity contribution < 1.29 is 14.3 Å². The largest absolute Gasteiger partial charge is 0.496 e. The van der Waals surface area contributed by atoms with Gasteiger partial charge in [0.25, 0.3) is 0 Å². The van der Waals surface area contributed by atoms with Gasteiger partial charge in [-0.1, -0.05) is 18.1 Å². The highest BCUT2D eigenvalue weighted by Crippen LogP contribution is 2.25. The number of thiazole rings is 1. The second-order valence-electron chi connectivity index (χ2n) is 7.62. The van der Waals surface area contributed by atoms with Gasteiger partial charge in [0.15, 0.2) is 10.9 Å². The Balaban J connectivity index is 1.50. The average molecular weight is 416 g/mol. The fourth-order valence-corrected chi connectivity index (χ4v) is 4.47.